The van der Waals surface area contributed by atoms with E-state index in [-0.39, 0.29) is 12.2 Å². The number of carbonyl (C=O) groups is 1. The first-order chi connectivity index (χ1) is 8.63. The summed E-state index contributed by atoms with van der Waals surface area (Å²) in [6.45, 7) is 2.58. The molecule has 0 saturated carbocycles. The molecular weight excluding hydrogens is 234 g/mol. The van der Waals surface area contributed by atoms with E-state index < -0.39 is 6.09 Å². The zero-order valence-corrected chi connectivity index (χ0v) is 10.3. The van der Waals surface area contributed by atoms with Crippen LogP contribution in [0.1, 0.15) is 12.5 Å². The first-order valence-corrected chi connectivity index (χ1v) is 5.98. The van der Waals surface area contributed by atoms with Crippen molar-refractivity contribution in [2.24, 2.45) is 0 Å². The van der Waals surface area contributed by atoms with E-state index in [1.54, 1.807) is 6.92 Å². The predicted octanol–water partition coefficient (Wildman–Crippen LogP) is 1.10. The topological polar surface area (TPSA) is 67.8 Å². The summed E-state index contributed by atoms with van der Waals surface area (Å²) in [5.41, 5.74) is 1.06. The Bertz CT molecular complexity index is 402. The molecule has 1 fully saturated rings. The molecule has 98 valence electrons. The van der Waals surface area contributed by atoms with Gasteiger partial charge in [-0.3, -0.25) is 0 Å². The summed E-state index contributed by atoms with van der Waals surface area (Å²) in [6.07, 6.45) is -0.337. The molecule has 1 aromatic carbocycles. The van der Waals surface area contributed by atoms with Crippen LogP contribution in [0.25, 0.3) is 0 Å². The third-order valence-corrected chi connectivity index (χ3v) is 2.64. The Hall–Kier alpha value is -1.75. The van der Waals surface area contributed by atoms with E-state index in [1.165, 1.54) is 0 Å². The van der Waals surface area contributed by atoms with E-state index >= 15 is 0 Å². The molecule has 1 aliphatic rings. The smallest absolute Gasteiger partial charge is 0.407 e. The second-order valence-electron chi connectivity index (χ2n) is 4.42. The molecule has 5 nitrogen and oxygen atoms in total. The third-order valence-electron chi connectivity index (χ3n) is 2.64. The number of hydrogen-bond acceptors (Lipinski definition) is 4. The van der Waals surface area contributed by atoms with Crippen LogP contribution >= 0.6 is 0 Å². The van der Waals surface area contributed by atoms with Crippen LogP contribution in [0.2, 0.25) is 0 Å². The summed E-state index contributed by atoms with van der Waals surface area (Å²) in [6, 6.07) is 7.53. The van der Waals surface area contributed by atoms with E-state index in [0.717, 1.165) is 11.3 Å². The number of hydrogen-bond donors (Lipinski definition) is 2. The van der Waals surface area contributed by atoms with Crippen molar-refractivity contribution in [2.75, 3.05) is 13.2 Å². The zero-order valence-electron chi connectivity index (χ0n) is 10.3. The van der Waals surface area contributed by atoms with Gasteiger partial charge in [0.15, 0.2) is 6.10 Å². The number of alkyl carbamates (subject to hydrolysis) is 1. The number of amides is 1. The summed E-state index contributed by atoms with van der Waals surface area (Å²) in [4.78, 5) is 10.8. The number of aliphatic hydroxyl groups is 1. The molecule has 0 aliphatic carbocycles. The lowest BCUT2D eigenvalue weighted by atomic mass is 10.1. The summed E-state index contributed by atoms with van der Waals surface area (Å²) in [7, 11) is 0. The molecular formula is C13H17NO4. The Morgan fingerprint density at radius 3 is 2.78 bits per heavy atom. The van der Waals surface area contributed by atoms with Crippen LogP contribution in [0.4, 0.5) is 4.79 Å². The van der Waals surface area contributed by atoms with Gasteiger partial charge in [-0.2, -0.15) is 0 Å². The Morgan fingerprint density at radius 1 is 1.50 bits per heavy atom. The van der Waals surface area contributed by atoms with Gasteiger partial charge in [0.25, 0.3) is 0 Å². The standard InChI is InChI=1S/C13H17NO4/c1-9(15)6-10-2-4-11(5-3-10)17-8-12-7-14-13(16)18-12/h2-5,9,12,15H,6-8H2,1H3,(H,14,16). The van der Waals surface area contributed by atoms with Gasteiger partial charge >= 0.3 is 6.09 Å². The van der Waals surface area contributed by atoms with Gasteiger partial charge in [0, 0.05) is 0 Å². The molecule has 1 heterocycles. The van der Waals surface area contributed by atoms with Gasteiger partial charge < -0.3 is 19.9 Å². The van der Waals surface area contributed by atoms with Crippen LogP contribution in [0.5, 0.6) is 5.75 Å². The van der Waals surface area contributed by atoms with Gasteiger partial charge in [-0.1, -0.05) is 12.1 Å². The first kappa shape index (κ1) is 12.7. The fraction of sp³-hybridized carbons (Fsp3) is 0.462. The molecule has 0 spiro atoms. The highest BCUT2D eigenvalue weighted by molar-refractivity contribution is 5.69. The Balaban J connectivity index is 1.81. The normalized spacial score (nSPS) is 20.1. The van der Waals surface area contributed by atoms with Gasteiger partial charge in [0.2, 0.25) is 0 Å². The van der Waals surface area contributed by atoms with Gasteiger partial charge in [0.1, 0.15) is 12.4 Å². The van der Waals surface area contributed by atoms with Crippen LogP contribution < -0.4 is 10.1 Å². The molecule has 18 heavy (non-hydrogen) atoms. The van der Waals surface area contributed by atoms with E-state index in [2.05, 4.69) is 5.32 Å². The lowest BCUT2D eigenvalue weighted by Gasteiger charge is -2.11. The number of carbonyl (C=O) groups excluding carboxylic acids is 1. The average molecular weight is 251 g/mol. The van der Waals surface area contributed by atoms with Crippen molar-refractivity contribution in [2.45, 2.75) is 25.6 Å². The maximum Gasteiger partial charge on any atom is 0.407 e. The molecule has 1 aromatic rings. The van der Waals surface area contributed by atoms with Crippen LogP contribution in [-0.4, -0.2) is 36.6 Å². The summed E-state index contributed by atoms with van der Waals surface area (Å²) < 4.78 is 10.5. The number of cyclic esters (lactones) is 1. The lowest BCUT2D eigenvalue weighted by Crippen LogP contribution is -2.21. The molecule has 2 atom stereocenters. The van der Waals surface area contributed by atoms with Crippen molar-refractivity contribution in [3.05, 3.63) is 29.8 Å². The maximum absolute atomic E-state index is 10.8. The highest BCUT2D eigenvalue weighted by atomic mass is 16.6. The van der Waals surface area contributed by atoms with Gasteiger partial charge in [-0.05, 0) is 31.0 Å². The number of aliphatic hydroxyl groups excluding tert-OH is 1. The number of ether oxygens (including phenoxy) is 2. The van der Waals surface area contributed by atoms with Crippen molar-refractivity contribution >= 4 is 6.09 Å². The highest BCUT2D eigenvalue weighted by Crippen LogP contribution is 2.14. The summed E-state index contributed by atoms with van der Waals surface area (Å²) in [5.74, 6) is 0.729. The van der Waals surface area contributed by atoms with E-state index in [1.807, 2.05) is 24.3 Å². The minimum Gasteiger partial charge on any atom is -0.490 e. The molecule has 5 heteroatoms. The molecule has 1 amide bonds. The zero-order chi connectivity index (χ0) is 13.0. The Labute approximate surface area is 106 Å². The van der Waals surface area contributed by atoms with Crippen LogP contribution in [0.15, 0.2) is 24.3 Å². The fourth-order valence-corrected chi connectivity index (χ4v) is 1.78. The Kier molecular flexibility index (Phi) is 4.04. The largest absolute Gasteiger partial charge is 0.490 e. The maximum atomic E-state index is 10.8. The number of benzene rings is 1. The second-order valence-corrected chi connectivity index (χ2v) is 4.42. The number of nitrogens with one attached hydrogen (secondary N) is 1. The molecule has 0 aromatic heterocycles. The van der Waals surface area contributed by atoms with Crippen LogP contribution in [0, 0.1) is 0 Å². The molecule has 2 rings (SSSR count). The predicted molar refractivity (Wildman–Crippen MR) is 65.6 cm³/mol. The van der Waals surface area contributed by atoms with Crippen molar-refractivity contribution < 1.29 is 19.4 Å². The van der Waals surface area contributed by atoms with E-state index in [0.29, 0.717) is 19.6 Å². The molecule has 0 radical (unpaired) electrons. The summed E-state index contributed by atoms with van der Waals surface area (Å²) in [5, 5.41) is 11.8. The van der Waals surface area contributed by atoms with Crippen molar-refractivity contribution in [1.82, 2.24) is 5.32 Å². The SMILES string of the molecule is CC(O)Cc1ccc(OCC2CNC(=O)O2)cc1. The monoisotopic (exact) mass is 251 g/mol. The third kappa shape index (κ3) is 3.63. The minimum absolute atomic E-state index is 0.227. The minimum atomic E-state index is -0.393. The molecule has 0 bridgehead atoms. The van der Waals surface area contributed by atoms with E-state index in [4.69, 9.17) is 9.47 Å². The van der Waals surface area contributed by atoms with Crippen LogP contribution in [0.3, 0.4) is 0 Å². The van der Waals surface area contributed by atoms with Crippen LogP contribution in [-0.2, 0) is 11.2 Å². The first-order valence-electron chi connectivity index (χ1n) is 5.98. The average Bonchev–Trinajstić information content (AvgIpc) is 2.74. The highest BCUT2D eigenvalue weighted by Gasteiger charge is 2.22. The molecule has 1 saturated heterocycles. The van der Waals surface area contributed by atoms with E-state index in [9.17, 15) is 9.90 Å². The van der Waals surface area contributed by atoms with Gasteiger partial charge in [0.05, 0.1) is 12.6 Å². The Morgan fingerprint density at radius 2 is 2.22 bits per heavy atom. The summed E-state index contributed by atoms with van der Waals surface area (Å²) >= 11 is 0. The van der Waals surface area contributed by atoms with Gasteiger partial charge in [-0.15, -0.1) is 0 Å². The van der Waals surface area contributed by atoms with Crippen molar-refractivity contribution in [1.29, 1.82) is 0 Å². The second kappa shape index (κ2) is 5.73. The quantitative estimate of drug-likeness (QED) is 0.822. The molecule has 2 unspecified atom stereocenters. The number of rotatable bonds is 5. The lowest BCUT2D eigenvalue weighted by molar-refractivity contribution is 0.105. The fourth-order valence-electron chi connectivity index (χ4n) is 1.78. The van der Waals surface area contributed by atoms with Gasteiger partial charge in [-0.25, -0.2) is 4.79 Å². The molecule has 1 aliphatic heterocycles. The van der Waals surface area contributed by atoms with Crippen molar-refractivity contribution in [3.8, 4) is 5.75 Å². The van der Waals surface area contributed by atoms with Crippen molar-refractivity contribution in [3.63, 3.8) is 0 Å². The molecule has 2 N–H and O–H groups in total.